The van der Waals surface area contributed by atoms with Crippen LogP contribution in [0, 0.1) is 10.1 Å². The summed E-state index contributed by atoms with van der Waals surface area (Å²) in [5.74, 6) is 0.0935. The van der Waals surface area contributed by atoms with Crippen molar-refractivity contribution in [3.8, 4) is 5.75 Å². The molecule has 2 unspecified atom stereocenters. The minimum atomic E-state index is -1.56. The first kappa shape index (κ1) is 21.1. The number of carbonyl (C=O) groups is 1. The van der Waals surface area contributed by atoms with Crippen LogP contribution in [0.25, 0.3) is 0 Å². The number of benzene rings is 2. The minimum absolute atomic E-state index is 0.00873. The Kier molecular flexibility index (Phi) is 7.73. The zero-order valence-electron chi connectivity index (χ0n) is 15.3. The molecule has 3 N–H and O–H groups in total. The molecule has 0 fully saturated rings. The highest BCUT2D eigenvalue weighted by Crippen LogP contribution is 2.35. The molecule has 28 heavy (non-hydrogen) atoms. The lowest BCUT2D eigenvalue weighted by Gasteiger charge is -2.20. The molecule has 1 amide bonds. The lowest BCUT2D eigenvalue weighted by molar-refractivity contribution is -0.386. The number of nitro groups is 1. The van der Waals surface area contributed by atoms with Gasteiger partial charge in [0.2, 0.25) is 0 Å². The molecule has 0 aromatic heterocycles. The number of ether oxygens (including phenoxy) is 2. The third kappa shape index (κ3) is 5.66. The van der Waals surface area contributed by atoms with Crippen LogP contribution in [0.1, 0.15) is 23.7 Å². The standard InChI is InChI=1S/C19H22N2O7/c1-27-16-9-5-8-14(21(25)26)17(16)18(23)15(22)10-11-20-19(24)28-12-13-6-3-2-4-7-13/h2-9,15,18,22-23H,10-12H2,1H3,(H,20,24). The predicted octanol–water partition coefficient (Wildman–Crippen LogP) is 2.31. The summed E-state index contributed by atoms with van der Waals surface area (Å²) in [5.41, 5.74) is 0.354. The first-order valence-corrected chi connectivity index (χ1v) is 8.56. The normalized spacial score (nSPS) is 12.7. The maximum atomic E-state index is 11.7. The maximum absolute atomic E-state index is 11.7. The highest BCUT2D eigenvalue weighted by Gasteiger charge is 2.29. The van der Waals surface area contributed by atoms with E-state index in [9.17, 15) is 25.1 Å². The van der Waals surface area contributed by atoms with Crippen LogP contribution in [0.5, 0.6) is 5.75 Å². The Morgan fingerprint density at radius 2 is 1.89 bits per heavy atom. The largest absolute Gasteiger partial charge is 0.496 e. The quantitative estimate of drug-likeness (QED) is 0.442. The summed E-state index contributed by atoms with van der Waals surface area (Å²) in [6.45, 7) is 0.111. The van der Waals surface area contributed by atoms with Crippen molar-refractivity contribution in [2.75, 3.05) is 13.7 Å². The molecule has 2 aromatic carbocycles. The number of nitro benzene ring substituents is 1. The molecule has 2 rings (SSSR count). The van der Waals surface area contributed by atoms with Crippen molar-refractivity contribution in [3.63, 3.8) is 0 Å². The van der Waals surface area contributed by atoms with E-state index in [1.807, 2.05) is 30.3 Å². The Bertz CT molecular complexity index is 798. The molecular formula is C19H22N2O7. The fourth-order valence-electron chi connectivity index (χ4n) is 2.61. The smallest absolute Gasteiger partial charge is 0.407 e. The molecule has 0 aliphatic heterocycles. The van der Waals surface area contributed by atoms with E-state index in [0.717, 1.165) is 5.56 Å². The molecule has 9 heteroatoms. The summed E-state index contributed by atoms with van der Waals surface area (Å²) in [7, 11) is 1.31. The molecule has 2 atom stereocenters. The Morgan fingerprint density at radius 1 is 1.18 bits per heavy atom. The van der Waals surface area contributed by atoms with Gasteiger partial charge in [0, 0.05) is 12.6 Å². The van der Waals surface area contributed by atoms with Crippen LogP contribution in [0.3, 0.4) is 0 Å². The van der Waals surface area contributed by atoms with Gasteiger partial charge in [-0.25, -0.2) is 4.79 Å². The third-order valence-corrected chi connectivity index (χ3v) is 4.04. The van der Waals surface area contributed by atoms with Crippen LogP contribution >= 0.6 is 0 Å². The predicted molar refractivity (Wildman–Crippen MR) is 99.9 cm³/mol. The number of nitrogens with zero attached hydrogens (tertiary/aromatic N) is 1. The first-order valence-electron chi connectivity index (χ1n) is 8.56. The van der Waals surface area contributed by atoms with Gasteiger partial charge in [0.15, 0.2) is 0 Å². The number of alkyl carbamates (subject to hydrolysis) is 1. The maximum Gasteiger partial charge on any atom is 0.407 e. The van der Waals surface area contributed by atoms with Crippen molar-refractivity contribution in [2.45, 2.75) is 25.2 Å². The SMILES string of the molecule is COc1cccc([N+](=O)[O-])c1C(O)C(O)CCNC(=O)OCc1ccccc1. The molecule has 0 saturated heterocycles. The topological polar surface area (TPSA) is 131 Å². The summed E-state index contributed by atoms with van der Waals surface area (Å²) >= 11 is 0. The highest BCUT2D eigenvalue weighted by atomic mass is 16.6. The second kappa shape index (κ2) is 10.2. The fraction of sp³-hybridized carbons (Fsp3) is 0.316. The molecule has 150 valence electrons. The summed E-state index contributed by atoms with van der Waals surface area (Å²) in [5, 5.41) is 34.2. The van der Waals surface area contributed by atoms with E-state index in [1.165, 1.54) is 25.3 Å². The number of rotatable bonds is 9. The molecule has 0 aliphatic rings. The van der Waals surface area contributed by atoms with Crippen molar-refractivity contribution >= 4 is 11.8 Å². The monoisotopic (exact) mass is 390 g/mol. The number of hydrogen-bond acceptors (Lipinski definition) is 7. The lowest BCUT2D eigenvalue weighted by Crippen LogP contribution is -2.30. The van der Waals surface area contributed by atoms with Crippen molar-refractivity contribution in [3.05, 3.63) is 69.8 Å². The van der Waals surface area contributed by atoms with E-state index in [2.05, 4.69) is 5.32 Å². The number of aliphatic hydroxyl groups excluding tert-OH is 2. The van der Waals surface area contributed by atoms with Crippen LogP contribution in [0.4, 0.5) is 10.5 Å². The lowest BCUT2D eigenvalue weighted by atomic mass is 9.99. The van der Waals surface area contributed by atoms with Crippen LogP contribution < -0.4 is 10.1 Å². The zero-order chi connectivity index (χ0) is 20.5. The highest BCUT2D eigenvalue weighted by molar-refractivity contribution is 5.67. The van der Waals surface area contributed by atoms with Gasteiger partial charge in [0.05, 0.1) is 18.1 Å². The minimum Gasteiger partial charge on any atom is -0.496 e. The van der Waals surface area contributed by atoms with Gasteiger partial charge in [-0.3, -0.25) is 10.1 Å². The molecule has 0 radical (unpaired) electrons. The summed E-state index contributed by atoms with van der Waals surface area (Å²) in [6.07, 6.45) is -3.63. The van der Waals surface area contributed by atoms with Gasteiger partial charge in [-0.05, 0) is 18.1 Å². The Balaban J connectivity index is 1.88. The number of aliphatic hydroxyl groups is 2. The molecular weight excluding hydrogens is 368 g/mol. The zero-order valence-corrected chi connectivity index (χ0v) is 15.3. The van der Waals surface area contributed by atoms with E-state index in [-0.39, 0.29) is 36.6 Å². The molecule has 2 aromatic rings. The van der Waals surface area contributed by atoms with Crippen molar-refractivity contribution < 1.29 is 29.4 Å². The first-order chi connectivity index (χ1) is 13.4. The van der Waals surface area contributed by atoms with Crippen LogP contribution in [-0.4, -0.2) is 41.0 Å². The molecule has 0 saturated carbocycles. The number of amides is 1. The van der Waals surface area contributed by atoms with Crippen molar-refractivity contribution in [1.29, 1.82) is 0 Å². The third-order valence-electron chi connectivity index (χ3n) is 4.04. The summed E-state index contributed by atoms with van der Waals surface area (Å²) < 4.78 is 10.1. The average Bonchev–Trinajstić information content (AvgIpc) is 2.71. The van der Waals surface area contributed by atoms with Crippen LogP contribution in [0.15, 0.2) is 48.5 Å². The Hall–Kier alpha value is -3.17. The van der Waals surface area contributed by atoms with Crippen molar-refractivity contribution in [2.24, 2.45) is 0 Å². The second-order valence-corrected chi connectivity index (χ2v) is 5.94. The molecule has 0 spiro atoms. The Labute approximate surface area is 161 Å². The number of nitrogens with one attached hydrogen (secondary N) is 1. The molecule has 9 nitrogen and oxygen atoms in total. The summed E-state index contributed by atoms with van der Waals surface area (Å²) in [4.78, 5) is 22.2. The Morgan fingerprint density at radius 3 is 2.54 bits per heavy atom. The van der Waals surface area contributed by atoms with E-state index < -0.39 is 23.2 Å². The van der Waals surface area contributed by atoms with E-state index in [4.69, 9.17) is 9.47 Å². The van der Waals surface area contributed by atoms with Gasteiger partial charge in [-0.15, -0.1) is 0 Å². The number of methoxy groups -OCH3 is 1. The molecule has 0 bridgehead atoms. The van der Waals surface area contributed by atoms with Crippen molar-refractivity contribution in [1.82, 2.24) is 5.32 Å². The number of carbonyl (C=O) groups excluding carboxylic acids is 1. The van der Waals surface area contributed by atoms with E-state index in [0.29, 0.717) is 0 Å². The molecule has 0 heterocycles. The van der Waals surface area contributed by atoms with Gasteiger partial charge in [-0.1, -0.05) is 36.4 Å². The van der Waals surface area contributed by atoms with E-state index in [1.54, 1.807) is 0 Å². The van der Waals surface area contributed by atoms with Gasteiger partial charge in [0.1, 0.15) is 24.0 Å². The average molecular weight is 390 g/mol. The van der Waals surface area contributed by atoms with E-state index >= 15 is 0 Å². The number of hydrogen-bond donors (Lipinski definition) is 3. The van der Waals surface area contributed by atoms with Gasteiger partial charge in [-0.2, -0.15) is 0 Å². The molecule has 0 aliphatic carbocycles. The van der Waals surface area contributed by atoms with Gasteiger partial charge in [0.25, 0.3) is 5.69 Å². The van der Waals surface area contributed by atoms with Gasteiger partial charge < -0.3 is 25.0 Å². The fourth-order valence-corrected chi connectivity index (χ4v) is 2.61. The summed E-state index contributed by atoms with van der Waals surface area (Å²) in [6, 6.07) is 13.2. The van der Waals surface area contributed by atoms with Gasteiger partial charge >= 0.3 is 6.09 Å². The van der Waals surface area contributed by atoms with Crippen LogP contribution in [-0.2, 0) is 11.3 Å². The second-order valence-electron chi connectivity index (χ2n) is 5.94. The van der Waals surface area contributed by atoms with Crippen LogP contribution in [0.2, 0.25) is 0 Å².